The molecule has 0 aromatic heterocycles. The van der Waals surface area contributed by atoms with Crippen LogP contribution in [0.15, 0.2) is 0 Å². The average molecular weight is 286 g/mol. The van der Waals surface area contributed by atoms with Crippen molar-refractivity contribution in [3.05, 3.63) is 0 Å². The molecule has 0 saturated carbocycles. The van der Waals surface area contributed by atoms with Crippen molar-refractivity contribution < 1.29 is 9.53 Å². The van der Waals surface area contributed by atoms with Crippen molar-refractivity contribution in [2.45, 2.75) is 65.3 Å². The Labute approximate surface area is 125 Å². The van der Waals surface area contributed by atoms with Crippen LogP contribution in [0.1, 0.15) is 59.8 Å². The average Bonchev–Trinajstić information content (AvgIpc) is 2.43. The van der Waals surface area contributed by atoms with E-state index in [1.54, 1.807) is 0 Å². The van der Waals surface area contributed by atoms with Gasteiger partial charge in [0.1, 0.15) is 5.54 Å². The number of carbonyl (C=O) groups excluding carboxylic acids is 1. The summed E-state index contributed by atoms with van der Waals surface area (Å²) in [6.07, 6.45) is 5.54. The molecular weight excluding hydrogens is 252 g/mol. The zero-order valence-corrected chi connectivity index (χ0v) is 14.1. The van der Waals surface area contributed by atoms with Gasteiger partial charge in [-0.1, -0.05) is 26.7 Å². The van der Waals surface area contributed by atoms with Gasteiger partial charge < -0.3 is 15.0 Å². The number of esters is 1. The van der Waals surface area contributed by atoms with Crippen molar-refractivity contribution in [3.63, 3.8) is 0 Å². The smallest absolute Gasteiger partial charge is 0.326 e. The van der Waals surface area contributed by atoms with Crippen molar-refractivity contribution in [2.24, 2.45) is 0 Å². The third-order valence-electron chi connectivity index (χ3n) is 3.63. The molecule has 1 atom stereocenters. The number of hydrogen-bond donors (Lipinski definition) is 1. The number of hydrogen-bond acceptors (Lipinski definition) is 4. The van der Waals surface area contributed by atoms with Crippen LogP contribution >= 0.6 is 0 Å². The Balaban J connectivity index is 4.30. The van der Waals surface area contributed by atoms with Gasteiger partial charge in [-0.3, -0.25) is 4.79 Å². The predicted molar refractivity (Wildman–Crippen MR) is 85.0 cm³/mol. The number of ether oxygens (including phenoxy) is 1. The second kappa shape index (κ2) is 11.1. The van der Waals surface area contributed by atoms with Gasteiger partial charge in [0.2, 0.25) is 0 Å². The predicted octanol–water partition coefficient (Wildman–Crippen LogP) is 2.82. The SMILES string of the molecule is CCCCCN(C)CCC(C)(NCCC)C(=O)OCC. The Kier molecular flexibility index (Phi) is 10.8. The van der Waals surface area contributed by atoms with Gasteiger partial charge in [-0.25, -0.2) is 0 Å². The summed E-state index contributed by atoms with van der Waals surface area (Å²) in [4.78, 5) is 14.4. The lowest BCUT2D eigenvalue weighted by molar-refractivity contribution is -0.151. The highest BCUT2D eigenvalue weighted by Crippen LogP contribution is 2.13. The molecule has 4 nitrogen and oxygen atoms in total. The fourth-order valence-corrected chi connectivity index (χ4v) is 2.11. The number of nitrogens with one attached hydrogen (secondary N) is 1. The van der Waals surface area contributed by atoms with Gasteiger partial charge in [-0.05, 0) is 53.2 Å². The van der Waals surface area contributed by atoms with Crippen molar-refractivity contribution in [1.29, 1.82) is 0 Å². The van der Waals surface area contributed by atoms with E-state index in [1.165, 1.54) is 19.3 Å². The minimum absolute atomic E-state index is 0.129. The quantitative estimate of drug-likeness (QED) is 0.442. The molecule has 0 aromatic rings. The zero-order valence-electron chi connectivity index (χ0n) is 14.1. The molecule has 0 amide bonds. The van der Waals surface area contributed by atoms with Crippen molar-refractivity contribution in [3.8, 4) is 0 Å². The molecule has 0 aliphatic heterocycles. The van der Waals surface area contributed by atoms with Gasteiger partial charge in [0.05, 0.1) is 6.61 Å². The molecule has 4 heteroatoms. The first-order chi connectivity index (χ1) is 9.50. The van der Waals surface area contributed by atoms with E-state index in [4.69, 9.17) is 4.74 Å². The molecule has 0 bridgehead atoms. The van der Waals surface area contributed by atoms with E-state index >= 15 is 0 Å². The molecule has 120 valence electrons. The zero-order chi connectivity index (χ0) is 15.4. The van der Waals surface area contributed by atoms with Crippen LogP contribution in [-0.4, -0.2) is 49.7 Å². The first kappa shape index (κ1) is 19.4. The molecule has 1 N–H and O–H groups in total. The summed E-state index contributed by atoms with van der Waals surface area (Å²) >= 11 is 0. The Morgan fingerprint density at radius 3 is 2.40 bits per heavy atom. The second-order valence-electron chi connectivity index (χ2n) is 5.74. The molecule has 20 heavy (non-hydrogen) atoms. The molecule has 0 aliphatic carbocycles. The third-order valence-corrected chi connectivity index (χ3v) is 3.63. The summed E-state index contributed by atoms with van der Waals surface area (Å²) in [6.45, 7) is 11.4. The minimum Gasteiger partial charge on any atom is -0.465 e. The van der Waals surface area contributed by atoms with E-state index in [-0.39, 0.29) is 5.97 Å². The molecule has 1 unspecified atom stereocenters. The summed E-state index contributed by atoms with van der Waals surface area (Å²) in [7, 11) is 2.13. The Hall–Kier alpha value is -0.610. The van der Waals surface area contributed by atoms with Gasteiger partial charge in [-0.2, -0.15) is 0 Å². The van der Waals surface area contributed by atoms with Crippen LogP contribution in [-0.2, 0) is 9.53 Å². The van der Waals surface area contributed by atoms with E-state index in [9.17, 15) is 4.79 Å². The molecule has 0 aliphatic rings. The minimum atomic E-state index is -0.564. The molecule has 0 fully saturated rings. The number of carbonyl (C=O) groups is 1. The molecule has 0 saturated heterocycles. The van der Waals surface area contributed by atoms with Gasteiger partial charge in [-0.15, -0.1) is 0 Å². The van der Waals surface area contributed by atoms with Crippen LogP contribution in [0.2, 0.25) is 0 Å². The fraction of sp³-hybridized carbons (Fsp3) is 0.938. The van der Waals surface area contributed by atoms with Crippen molar-refractivity contribution in [2.75, 3.05) is 33.3 Å². The molecule has 0 spiro atoms. The first-order valence-corrected chi connectivity index (χ1v) is 8.11. The van der Waals surface area contributed by atoms with Gasteiger partial charge >= 0.3 is 5.97 Å². The number of unbranched alkanes of at least 4 members (excludes halogenated alkanes) is 2. The second-order valence-corrected chi connectivity index (χ2v) is 5.74. The van der Waals surface area contributed by atoms with Crippen molar-refractivity contribution >= 4 is 5.97 Å². The maximum Gasteiger partial charge on any atom is 0.326 e. The van der Waals surface area contributed by atoms with Crippen LogP contribution in [0.5, 0.6) is 0 Å². The molecule has 0 rings (SSSR count). The lowest BCUT2D eigenvalue weighted by atomic mass is 9.97. The molecule has 0 radical (unpaired) electrons. The normalized spacial score (nSPS) is 14.3. The summed E-state index contributed by atoms with van der Waals surface area (Å²) in [5.41, 5.74) is -0.564. The highest BCUT2D eigenvalue weighted by atomic mass is 16.5. The Morgan fingerprint density at radius 2 is 1.85 bits per heavy atom. The Morgan fingerprint density at radius 1 is 1.15 bits per heavy atom. The summed E-state index contributed by atoms with van der Waals surface area (Å²) < 4.78 is 5.21. The highest BCUT2D eigenvalue weighted by molar-refractivity contribution is 5.80. The standard InChI is InChI=1S/C16H34N2O2/c1-6-9-10-13-18(5)14-11-16(4,17-12-7-2)15(19)20-8-3/h17H,6-14H2,1-5H3. The third kappa shape index (κ3) is 7.85. The van der Waals surface area contributed by atoms with Crippen LogP contribution in [0, 0.1) is 0 Å². The lowest BCUT2D eigenvalue weighted by Gasteiger charge is -2.30. The molecular formula is C16H34N2O2. The van der Waals surface area contributed by atoms with Crippen molar-refractivity contribution in [1.82, 2.24) is 10.2 Å². The summed E-state index contributed by atoms with van der Waals surface area (Å²) in [5, 5.41) is 3.35. The summed E-state index contributed by atoms with van der Waals surface area (Å²) in [6, 6.07) is 0. The number of rotatable bonds is 12. The van der Waals surface area contributed by atoms with Crippen LogP contribution in [0.3, 0.4) is 0 Å². The van der Waals surface area contributed by atoms with Crippen LogP contribution in [0.4, 0.5) is 0 Å². The van der Waals surface area contributed by atoms with Gasteiger partial charge in [0.25, 0.3) is 0 Å². The molecule has 0 heterocycles. The van der Waals surface area contributed by atoms with E-state index in [0.717, 1.165) is 32.5 Å². The van der Waals surface area contributed by atoms with E-state index in [0.29, 0.717) is 6.61 Å². The maximum absolute atomic E-state index is 12.1. The Bertz CT molecular complexity index is 259. The van der Waals surface area contributed by atoms with Crippen LogP contribution in [0.25, 0.3) is 0 Å². The first-order valence-electron chi connectivity index (χ1n) is 8.11. The maximum atomic E-state index is 12.1. The fourth-order valence-electron chi connectivity index (χ4n) is 2.11. The van der Waals surface area contributed by atoms with E-state index in [1.807, 2.05) is 13.8 Å². The summed E-state index contributed by atoms with van der Waals surface area (Å²) in [5.74, 6) is -0.129. The van der Waals surface area contributed by atoms with Gasteiger partial charge in [0.15, 0.2) is 0 Å². The van der Waals surface area contributed by atoms with Gasteiger partial charge in [0, 0.05) is 6.54 Å². The highest BCUT2D eigenvalue weighted by Gasteiger charge is 2.33. The molecule has 0 aromatic carbocycles. The van der Waals surface area contributed by atoms with E-state index < -0.39 is 5.54 Å². The monoisotopic (exact) mass is 286 g/mol. The lowest BCUT2D eigenvalue weighted by Crippen LogP contribution is -2.52. The number of nitrogens with zero attached hydrogens (tertiary/aromatic N) is 1. The topological polar surface area (TPSA) is 41.6 Å². The van der Waals surface area contributed by atoms with Crippen LogP contribution < -0.4 is 5.32 Å². The van der Waals surface area contributed by atoms with E-state index in [2.05, 4.69) is 31.1 Å². The largest absolute Gasteiger partial charge is 0.465 e.